The molecule has 0 heterocycles. The summed E-state index contributed by atoms with van der Waals surface area (Å²) in [6.07, 6.45) is -0.290. The minimum Gasteiger partial charge on any atom is -0.445 e. The fourth-order valence-electron chi connectivity index (χ4n) is 1.97. The molecule has 0 aliphatic heterocycles. The Kier molecular flexibility index (Phi) is 5.81. The van der Waals surface area contributed by atoms with E-state index in [1.54, 1.807) is 4.90 Å². The molecule has 0 aromatic heterocycles. The van der Waals surface area contributed by atoms with Crippen molar-refractivity contribution in [2.45, 2.75) is 20.1 Å². The van der Waals surface area contributed by atoms with E-state index in [-0.39, 0.29) is 6.09 Å². The highest BCUT2D eigenvalue weighted by Crippen LogP contribution is 2.14. The van der Waals surface area contributed by atoms with Crippen LogP contribution >= 0.6 is 15.9 Å². The molecular formula is C17H18BrNO2. The third-order valence-corrected chi connectivity index (χ3v) is 3.60. The molecule has 1 amide bonds. The van der Waals surface area contributed by atoms with Crippen LogP contribution in [-0.2, 0) is 17.9 Å². The number of hydrogen-bond donors (Lipinski definition) is 0. The van der Waals surface area contributed by atoms with E-state index in [1.807, 2.05) is 61.5 Å². The second-order valence-corrected chi connectivity index (χ2v) is 5.60. The van der Waals surface area contributed by atoms with Gasteiger partial charge in [-0.25, -0.2) is 4.79 Å². The van der Waals surface area contributed by atoms with E-state index >= 15 is 0 Å². The third-order valence-electron chi connectivity index (χ3n) is 3.11. The van der Waals surface area contributed by atoms with E-state index < -0.39 is 0 Å². The van der Waals surface area contributed by atoms with Gasteiger partial charge in [0.05, 0.1) is 0 Å². The lowest BCUT2D eigenvalue weighted by Gasteiger charge is -2.20. The Morgan fingerprint density at radius 1 is 1.10 bits per heavy atom. The summed E-state index contributed by atoms with van der Waals surface area (Å²) in [6, 6.07) is 17.6. The summed E-state index contributed by atoms with van der Waals surface area (Å²) in [7, 11) is 0. The number of rotatable bonds is 5. The lowest BCUT2D eigenvalue weighted by molar-refractivity contribution is 0.0956. The van der Waals surface area contributed by atoms with Crippen molar-refractivity contribution in [3.63, 3.8) is 0 Å². The van der Waals surface area contributed by atoms with Gasteiger partial charge in [-0.1, -0.05) is 58.4 Å². The number of amides is 1. The second kappa shape index (κ2) is 7.84. The number of ether oxygens (including phenoxy) is 1. The number of halogens is 1. The average molecular weight is 348 g/mol. The first-order valence-corrected chi connectivity index (χ1v) is 7.68. The average Bonchev–Trinajstić information content (AvgIpc) is 2.51. The molecule has 2 aromatic carbocycles. The zero-order valence-corrected chi connectivity index (χ0v) is 13.5. The molecule has 110 valence electrons. The van der Waals surface area contributed by atoms with Gasteiger partial charge in [0, 0.05) is 17.6 Å². The van der Waals surface area contributed by atoms with Crippen LogP contribution in [0.2, 0.25) is 0 Å². The molecule has 0 spiro atoms. The van der Waals surface area contributed by atoms with Gasteiger partial charge in [-0.3, -0.25) is 0 Å². The van der Waals surface area contributed by atoms with Crippen molar-refractivity contribution in [1.29, 1.82) is 0 Å². The summed E-state index contributed by atoms with van der Waals surface area (Å²) in [5.74, 6) is 0. The normalized spacial score (nSPS) is 10.2. The third kappa shape index (κ3) is 4.90. The molecule has 0 fully saturated rings. The SMILES string of the molecule is CCN(Cc1cccc(Br)c1)C(=O)OCc1ccccc1. The second-order valence-electron chi connectivity index (χ2n) is 4.68. The van der Waals surface area contributed by atoms with Gasteiger partial charge in [0.25, 0.3) is 0 Å². The van der Waals surface area contributed by atoms with E-state index in [0.29, 0.717) is 19.7 Å². The summed E-state index contributed by atoms with van der Waals surface area (Å²) < 4.78 is 6.37. The molecule has 3 nitrogen and oxygen atoms in total. The van der Waals surface area contributed by atoms with Crippen LogP contribution in [0.5, 0.6) is 0 Å². The molecule has 0 unspecified atom stereocenters. The molecule has 0 aliphatic rings. The van der Waals surface area contributed by atoms with Gasteiger partial charge in [-0.05, 0) is 30.2 Å². The summed E-state index contributed by atoms with van der Waals surface area (Å²) in [5, 5.41) is 0. The van der Waals surface area contributed by atoms with Crippen LogP contribution in [0, 0.1) is 0 Å². The maximum Gasteiger partial charge on any atom is 0.410 e. The highest BCUT2D eigenvalue weighted by atomic mass is 79.9. The molecule has 21 heavy (non-hydrogen) atoms. The Bertz CT molecular complexity index is 586. The molecule has 0 bridgehead atoms. The van der Waals surface area contributed by atoms with Crippen LogP contribution in [0.15, 0.2) is 59.1 Å². The lowest BCUT2D eigenvalue weighted by Crippen LogP contribution is -2.30. The molecule has 0 radical (unpaired) electrons. The van der Waals surface area contributed by atoms with Crippen molar-refractivity contribution in [2.24, 2.45) is 0 Å². The van der Waals surface area contributed by atoms with Crippen molar-refractivity contribution in [1.82, 2.24) is 4.90 Å². The van der Waals surface area contributed by atoms with E-state index in [0.717, 1.165) is 15.6 Å². The maximum atomic E-state index is 12.1. The molecule has 2 rings (SSSR count). The zero-order chi connectivity index (χ0) is 15.1. The van der Waals surface area contributed by atoms with Gasteiger partial charge in [0.2, 0.25) is 0 Å². The van der Waals surface area contributed by atoms with Crippen LogP contribution in [0.1, 0.15) is 18.1 Å². The fraction of sp³-hybridized carbons (Fsp3) is 0.235. The number of carbonyl (C=O) groups is 1. The standard InChI is InChI=1S/C17H18BrNO2/c1-2-19(12-15-9-6-10-16(18)11-15)17(20)21-13-14-7-4-3-5-8-14/h3-11H,2,12-13H2,1H3. The monoisotopic (exact) mass is 347 g/mol. The number of benzene rings is 2. The first-order chi connectivity index (χ1) is 10.2. The quantitative estimate of drug-likeness (QED) is 0.790. The van der Waals surface area contributed by atoms with Gasteiger partial charge in [-0.2, -0.15) is 0 Å². The molecule has 0 aliphatic carbocycles. The highest BCUT2D eigenvalue weighted by Gasteiger charge is 2.13. The minimum absolute atomic E-state index is 0.290. The maximum absolute atomic E-state index is 12.1. The molecule has 0 atom stereocenters. The number of nitrogens with zero attached hydrogens (tertiary/aromatic N) is 1. The van der Waals surface area contributed by atoms with Gasteiger partial charge in [-0.15, -0.1) is 0 Å². The Balaban J connectivity index is 1.92. The van der Waals surface area contributed by atoms with E-state index in [2.05, 4.69) is 15.9 Å². The molecule has 4 heteroatoms. The summed E-state index contributed by atoms with van der Waals surface area (Å²) in [5.41, 5.74) is 2.06. The fourth-order valence-corrected chi connectivity index (χ4v) is 2.42. The van der Waals surface area contributed by atoms with E-state index in [9.17, 15) is 4.79 Å². The molecular weight excluding hydrogens is 330 g/mol. The van der Waals surface area contributed by atoms with Crippen LogP contribution in [0.4, 0.5) is 4.79 Å². The van der Waals surface area contributed by atoms with Crippen molar-refractivity contribution in [2.75, 3.05) is 6.54 Å². The highest BCUT2D eigenvalue weighted by molar-refractivity contribution is 9.10. The van der Waals surface area contributed by atoms with E-state index in [4.69, 9.17) is 4.74 Å². The predicted octanol–water partition coefficient (Wildman–Crippen LogP) is 4.61. The van der Waals surface area contributed by atoms with Crippen LogP contribution in [0.3, 0.4) is 0 Å². The number of hydrogen-bond acceptors (Lipinski definition) is 2. The van der Waals surface area contributed by atoms with Gasteiger partial charge in [0.1, 0.15) is 6.61 Å². The van der Waals surface area contributed by atoms with Crippen molar-refractivity contribution < 1.29 is 9.53 Å². The lowest BCUT2D eigenvalue weighted by atomic mass is 10.2. The molecule has 0 saturated heterocycles. The largest absolute Gasteiger partial charge is 0.445 e. The number of carbonyl (C=O) groups excluding carboxylic acids is 1. The molecule has 0 N–H and O–H groups in total. The zero-order valence-electron chi connectivity index (χ0n) is 12.0. The smallest absolute Gasteiger partial charge is 0.410 e. The van der Waals surface area contributed by atoms with Crippen molar-refractivity contribution in [3.8, 4) is 0 Å². The first kappa shape index (κ1) is 15.6. The van der Waals surface area contributed by atoms with Gasteiger partial charge < -0.3 is 9.64 Å². The Hall–Kier alpha value is -1.81. The van der Waals surface area contributed by atoms with Crippen LogP contribution < -0.4 is 0 Å². The van der Waals surface area contributed by atoms with Gasteiger partial charge in [0.15, 0.2) is 0 Å². The Morgan fingerprint density at radius 3 is 2.48 bits per heavy atom. The van der Waals surface area contributed by atoms with Crippen LogP contribution in [-0.4, -0.2) is 17.5 Å². The minimum atomic E-state index is -0.290. The molecule has 2 aromatic rings. The predicted molar refractivity (Wildman–Crippen MR) is 86.9 cm³/mol. The molecule has 0 saturated carbocycles. The van der Waals surface area contributed by atoms with Crippen molar-refractivity contribution >= 4 is 22.0 Å². The Morgan fingerprint density at radius 2 is 1.81 bits per heavy atom. The van der Waals surface area contributed by atoms with Crippen molar-refractivity contribution in [3.05, 3.63) is 70.2 Å². The first-order valence-electron chi connectivity index (χ1n) is 6.89. The van der Waals surface area contributed by atoms with E-state index in [1.165, 1.54) is 0 Å². The summed E-state index contributed by atoms with van der Waals surface area (Å²) in [4.78, 5) is 13.8. The topological polar surface area (TPSA) is 29.5 Å². The van der Waals surface area contributed by atoms with Crippen LogP contribution in [0.25, 0.3) is 0 Å². The van der Waals surface area contributed by atoms with Gasteiger partial charge >= 0.3 is 6.09 Å². The summed E-state index contributed by atoms with van der Waals surface area (Å²) in [6.45, 7) is 3.40. The Labute approximate surface area is 133 Å². The summed E-state index contributed by atoms with van der Waals surface area (Å²) >= 11 is 3.44.